The highest BCUT2D eigenvalue weighted by atomic mass is 15.1. The molecule has 49 heavy (non-hydrogen) atoms. The summed E-state index contributed by atoms with van der Waals surface area (Å²) in [5, 5.41) is 2.62. The lowest BCUT2D eigenvalue weighted by Gasteiger charge is -2.26. The van der Waals surface area contributed by atoms with Crippen LogP contribution in [0.15, 0.2) is 194 Å². The Morgan fingerprint density at radius 3 is 1.24 bits per heavy atom. The van der Waals surface area contributed by atoms with Crippen LogP contribution in [0.1, 0.15) is 16.7 Å². The Morgan fingerprint density at radius 2 is 0.735 bits per heavy atom. The van der Waals surface area contributed by atoms with E-state index >= 15 is 0 Å². The van der Waals surface area contributed by atoms with Crippen LogP contribution in [-0.2, 0) is 0 Å². The Balaban J connectivity index is 1.10. The molecule has 0 spiro atoms. The fourth-order valence-electron chi connectivity index (χ4n) is 7.22. The molecule has 230 valence electrons. The first-order valence-electron chi connectivity index (χ1n) is 16.8. The molecule has 0 fully saturated rings. The van der Waals surface area contributed by atoms with Gasteiger partial charge in [0.2, 0.25) is 0 Å². The van der Waals surface area contributed by atoms with Gasteiger partial charge in [0, 0.05) is 17.1 Å². The average Bonchev–Trinajstić information content (AvgIpc) is 3.57. The van der Waals surface area contributed by atoms with E-state index in [0.717, 1.165) is 17.1 Å². The molecule has 8 aromatic rings. The molecule has 0 aliphatic heterocycles. The van der Waals surface area contributed by atoms with E-state index in [1.807, 2.05) is 0 Å². The molecule has 0 radical (unpaired) electrons. The minimum atomic E-state index is 1.11. The van der Waals surface area contributed by atoms with Crippen molar-refractivity contribution in [1.82, 2.24) is 0 Å². The van der Waals surface area contributed by atoms with Crippen LogP contribution < -0.4 is 4.90 Å². The van der Waals surface area contributed by atoms with Gasteiger partial charge in [0.05, 0.1) is 0 Å². The Hall–Kier alpha value is -6.44. The smallest absolute Gasteiger partial charge is 0.0462 e. The third-order valence-electron chi connectivity index (χ3n) is 9.65. The Bertz CT molecular complexity index is 2340. The Labute approximate surface area is 287 Å². The maximum absolute atomic E-state index is 2.34. The first-order valence-corrected chi connectivity index (χ1v) is 16.8. The molecule has 0 heterocycles. The fraction of sp³-hybridized carbons (Fsp3) is 0. The quantitative estimate of drug-likeness (QED) is 0.171. The van der Waals surface area contributed by atoms with E-state index in [1.54, 1.807) is 0 Å². The van der Waals surface area contributed by atoms with Crippen molar-refractivity contribution in [3.8, 4) is 33.4 Å². The summed E-state index contributed by atoms with van der Waals surface area (Å²) in [6.45, 7) is 0. The van der Waals surface area contributed by atoms with Gasteiger partial charge in [-0.15, -0.1) is 0 Å². The van der Waals surface area contributed by atoms with Gasteiger partial charge in [0.1, 0.15) is 0 Å². The van der Waals surface area contributed by atoms with Crippen molar-refractivity contribution in [3.05, 3.63) is 211 Å². The molecule has 1 aliphatic carbocycles. The zero-order valence-corrected chi connectivity index (χ0v) is 27.0. The van der Waals surface area contributed by atoms with E-state index in [-0.39, 0.29) is 0 Å². The molecule has 0 aromatic heterocycles. The molecule has 8 aromatic carbocycles. The fourth-order valence-corrected chi connectivity index (χ4v) is 7.22. The SMILES string of the molecule is C1=C(c2ccccc2)c2cccc3c(-c4ccc(N(c5ccc(-c6ccccc6)cc5)c5ccc(-c6ccccc6)cc5)cc4)ccc1c23. The second-order valence-corrected chi connectivity index (χ2v) is 12.6. The summed E-state index contributed by atoms with van der Waals surface area (Å²) in [7, 11) is 0. The third-order valence-corrected chi connectivity index (χ3v) is 9.65. The molecule has 0 atom stereocenters. The normalized spacial score (nSPS) is 11.8. The van der Waals surface area contributed by atoms with Gasteiger partial charge in [0.25, 0.3) is 0 Å². The molecular formula is C48H33N. The number of benzene rings is 8. The second kappa shape index (κ2) is 12.3. The van der Waals surface area contributed by atoms with Crippen molar-refractivity contribution in [3.63, 3.8) is 0 Å². The molecule has 0 N–H and O–H groups in total. The van der Waals surface area contributed by atoms with E-state index in [0.29, 0.717) is 0 Å². The summed E-state index contributed by atoms with van der Waals surface area (Å²) in [5.74, 6) is 0. The van der Waals surface area contributed by atoms with E-state index in [1.165, 1.54) is 66.4 Å². The first-order chi connectivity index (χ1) is 24.3. The summed E-state index contributed by atoms with van der Waals surface area (Å²) >= 11 is 0. The van der Waals surface area contributed by atoms with E-state index < -0.39 is 0 Å². The van der Waals surface area contributed by atoms with Gasteiger partial charge in [-0.1, -0.05) is 158 Å². The van der Waals surface area contributed by atoms with Gasteiger partial charge in [0.15, 0.2) is 0 Å². The lowest BCUT2D eigenvalue weighted by Crippen LogP contribution is -2.09. The van der Waals surface area contributed by atoms with Crippen LogP contribution in [0.25, 0.3) is 55.8 Å². The van der Waals surface area contributed by atoms with Gasteiger partial charge in [-0.05, 0) is 109 Å². The number of anilines is 3. The van der Waals surface area contributed by atoms with Crippen LogP contribution in [0.4, 0.5) is 17.1 Å². The lowest BCUT2D eigenvalue weighted by molar-refractivity contribution is 1.28. The van der Waals surface area contributed by atoms with Gasteiger partial charge in [-0.25, -0.2) is 0 Å². The van der Waals surface area contributed by atoms with Crippen molar-refractivity contribution in [2.24, 2.45) is 0 Å². The first kappa shape index (κ1) is 28.8. The summed E-state index contributed by atoms with van der Waals surface area (Å²) in [6.07, 6.45) is 2.34. The van der Waals surface area contributed by atoms with Gasteiger partial charge in [-0.3, -0.25) is 0 Å². The topological polar surface area (TPSA) is 3.24 Å². The Kier molecular flexibility index (Phi) is 7.22. The highest BCUT2D eigenvalue weighted by molar-refractivity contribution is 6.16. The number of rotatable bonds is 7. The third kappa shape index (κ3) is 5.32. The van der Waals surface area contributed by atoms with Gasteiger partial charge < -0.3 is 4.90 Å². The molecule has 9 rings (SSSR count). The van der Waals surface area contributed by atoms with Gasteiger partial charge >= 0.3 is 0 Å². The van der Waals surface area contributed by atoms with Crippen molar-refractivity contribution in [2.75, 3.05) is 4.90 Å². The van der Waals surface area contributed by atoms with Crippen molar-refractivity contribution in [2.45, 2.75) is 0 Å². The van der Waals surface area contributed by atoms with Crippen molar-refractivity contribution < 1.29 is 0 Å². The summed E-state index contributed by atoms with van der Waals surface area (Å²) < 4.78 is 0. The van der Waals surface area contributed by atoms with E-state index in [2.05, 4.69) is 205 Å². The molecule has 0 bridgehead atoms. The Morgan fingerprint density at radius 1 is 0.286 bits per heavy atom. The molecule has 0 unspecified atom stereocenters. The van der Waals surface area contributed by atoms with Crippen LogP contribution in [0, 0.1) is 0 Å². The zero-order chi connectivity index (χ0) is 32.6. The number of nitrogens with zero attached hydrogens (tertiary/aromatic N) is 1. The molecule has 0 saturated heterocycles. The van der Waals surface area contributed by atoms with E-state index in [9.17, 15) is 0 Å². The van der Waals surface area contributed by atoms with Crippen LogP contribution >= 0.6 is 0 Å². The van der Waals surface area contributed by atoms with Crippen LogP contribution in [0.5, 0.6) is 0 Å². The monoisotopic (exact) mass is 623 g/mol. The van der Waals surface area contributed by atoms with Crippen molar-refractivity contribution in [1.29, 1.82) is 0 Å². The predicted molar refractivity (Wildman–Crippen MR) is 208 cm³/mol. The number of hydrogen-bond donors (Lipinski definition) is 0. The predicted octanol–water partition coefficient (Wildman–Crippen LogP) is 13.2. The molecule has 0 amide bonds. The number of hydrogen-bond acceptors (Lipinski definition) is 1. The summed E-state index contributed by atoms with van der Waals surface area (Å²) in [5.41, 5.74) is 15.8. The van der Waals surface area contributed by atoms with Crippen LogP contribution in [0.3, 0.4) is 0 Å². The molecule has 1 aliphatic rings. The summed E-state index contributed by atoms with van der Waals surface area (Å²) in [6, 6.07) is 69.9. The maximum atomic E-state index is 2.34. The molecule has 1 heteroatoms. The maximum Gasteiger partial charge on any atom is 0.0462 e. The second-order valence-electron chi connectivity index (χ2n) is 12.6. The van der Waals surface area contributed by atoms with Crippen LogP contribution in [-0.4, -0.2) is 0 Å². The van der Waals surface area contributed by atoms with E-state index in [4.69, 9.17) is 0 Å². The highest BCUT2D eigenvalue weighted by Gasteiger charge is 2.20. The molecular weight excluding hydrogens is 591 g/mol. The zero-order valence-electron chi connectivity index (χ0n) is 27.0. The summed E-state index contributed by atoms with van der Waals surface area (Å²) in [4.78, 5) is 2.34. The minimum Gasteiger partial charge on any atom is -0.311 e. The standard InChI is InChI=1S/C48H33N/c1-4-11-34(12-5-1)36-19-26-41(27-20-36)49(42-28-21-37(22-29-42)35-13-6-2-7-14-35)43-30-23-39(24-31-43)44-32-25-40-33-47(38-15-8-3-9-16-38)46-18-10-17-45(44)48(40)46/h1-33H. The lowest BCUT2D eigenvalue weighted by atomic mass is 9.93. The minimum absolute atomic E-state index is 1.11. The largest absolute Gasteiger partial charge is 0.311 e. The molecule has 0 saturated carbocycles. The van der Waals surface area contributed by atoms with Crippen molar-refractivity contribution >= 4 is 39.5 Å². The van der Waals surface area contributed by atoms with Gasteiger partial charge in [-0.2, -0.15) is 0 Å². The highest BCUT2D eigenvalue weighted by Crippen LogP contribution is 2.44. The average molecular weight is 624 g/mol. The van der Waals surface area contributed by atoms with Crippen LogP contribution in [0.2, 0.25) is 0 Å². The molecule has 1 nitrogen and oxygen atoms in total.